The molecule has 0 unspecified atom stereocenters. The van der Waals surface area contributed by atoms with E-state index in [9.17, 15) is 13.2 Å². The molecule has 0 saturated carbocycles. The number of rotatable bonds is 2. The fraction of sp³-hybridized carbons (Fsp3) is 0.455. The van der Waals surface area contributed by atoms with Crippen molar-refractivity contribution in [2.75, 3.05) is 20.3 Å². The van der Waals surface area contributed by atoms with Crippen LogP contribution in [0.1, 0.15) is 11.1 Å². The molecular formula is C11H12F3NO2. The molecule has 0 amide bonds. The van der Waals surface area contributed by atoms with Crippen molar-refractivity contribution in [1.29, 1.82) is 0 Å². The highest BCUT2D eigenvalue weighted by Crippen LogP contribution is 2.42. The third-order valence-corrected chi connectivity index (χ3v) is 2.47. The zero-order chi connectivity index (χ0) is 12.5. The van der Waals surface area contributed by atoms with E-state index in [4.69, 9.17) is 9.47 Å². The predicted octanol–water partition coefficient (Wildman–Crippen LogP) is 2.20. The third kappa shape index (κ3) is 2.31. The summed E-state index contributed by atoms with van der Waals surface area (Å²) in [5.74, 6) is 0.565. The highest BCUT2D eigenvalue weighted by atomic mass is 19.4. The normalized spacial score (nSPS) is 14.8. The van der Waals surface area contributed by atoms with Gasteiger partial charge in [-0.15, -0.1) is 0 Å². The smallest absolute Gasteiger partial charge is 0.416 e. The number of fused-ring (bicyclic) bond motifs is 1. The quantitative estimate of drug-likeness (QED) is 0.869. The number of alkyl halides is 3. The lowest BCUT2D eigenvalue weighted by Crippen LogP contribution is -2.21. The highest BCUT2D eigenvalue weighted by Gasteiger charge is 2.36. The number of hydrogen-bond donors (Lipinski definition) is 1. The highest BCUT2D eigenvalue weighted by molar-refractivity contribution is 5.52. The first-order valence-electron chi connectivity index (χ1n) is 5.17. The van der Waals surface area contributed by atoms with Gasteiger partial charge in [-0.1, -0.05) is 0 Å². The van der Waals surface area contributed by atoms with Gasteiger partial charge in [0.2, 0.25) is 0 Å². The van der Waals surface area contributed by atoms with Crippen LogP contribution in [0.15, 0.2) is 12.1 Å². The molecule has 0 aliphatic carbocycles. The van der Waals surface area contributed by atoms with Crippen LogP contribution in [-0.4, -0.2) is 20.3 Å². The van der Waals surface area contributed by atoms with Crippen LogP contribution in [0.3, 0.4) is 0 Å². The summed E-state index contributed by atoms with van der Waals surface area (Å²) in [6, 6.07) is 2.33. The second-order valence-corrected chi connectivity index (χ2v) is 3.64. The topological polar surface area (TPSA) is 30.5 Å². The first-order chi connectivity index (χ1) is 8.04. The van der Waals surface area contributed by atoms with E-state index in [1.807, 2.05) is 0 Å². The van der Waals surface area contributed by atoms with Crippen molar-refractivity contribution in [1.82, 2.24) is 5.32 Å². The minimum absolute atomic E-state index is 0.0847. The van der Waals surface area contributed by atoms with Gasteiger partial charge in [0, 0.05) is 12.1 Å². The molecule has 2 rings (SSSR count). The Morgan fingerprint density at radius 1 is 1.24 bits per heavy atom. The Morgan fingerprint density at radius 3 is 2.59 bits per heavy atom. The molecule has 94 valence electrons. The van der Waals surface area contributed by atoms with Gasteiger partial charge in [-0.05, 0) is 19.2 Å². The van der Waals surface area contributed by atoms with Crippen LogP contribution in [0.5, 0.6) is 11.5 Å². The van der Waals surface area contributed by atoms with E-state index in [0.717, 1.165) is 6.07 Å². The Bertz CT molecular complexity index is 418. The van der Waals surface area contributed by atoms with Crippen LogP contribution >= 0.6 is 0 Å². The van der Waals surface area contributed by atoms with E-state index in [-0.39, 0.29) is 24.5 Å². The first kappa shape index (κ1) is 12.0. The first-order valence-corrected chi connectivity index (χ1v) is 5.17. The molecule has 0 fully saturated rings. The predicted molar refractivity (Wildman–Crippen MR) is 55.2 cm³/mol. The lowest BCUT2D eigenvalue weighted by atomic mass is 10.0. The van der Waals surface area contributed by atoms with Crippen LogP contribution in [0.25, 0.3) is 0 Å². The summed E-state index contributed by atoms with van der Waals surface area (Å²) in [5, 5.41) is 2.71. The Morgan fingerprint density at radius 2 is 1.94 bits per heavy atom. The Hall–Kier alpha value is -1.43. The summed E-state index contributed by atoms with van der Waals surface area (Å²) >= 11 is 0. The summed E-state index contributed by atoms with van der Waals surface area (Å²) < 4.78 is 49.0. The number of hydrogen-bond acceptors (Lipinski definition) is 3. The zero-order valence-electron chi connectivity index (χ0n) is 9.23. The molecule has 1 aliphatic rings. The summed E-state index contributed by atoms with van der Waals surface area (Å²) in [4.78, 5) is 0. The molecule has 0 saturated heterocycles. The summed E-state index contributed by atoms with van der Waals surface area (Å²) in [6.07, 6.45) is -4.39. The molecule has 1 N–H and O–H groups in total. The average molecular weight is 247 g/mol. The standard InChI is InChI=1S/C11H12F3NO2/c1-15-6-7-8(11(12,13)14)2-3-9-10(7)17-5-4-16-9/h2-3,15H,4-6H2,1H3. The van der Waals surface area contributed by atoms with Crippen molar-refractivity contribution in [3.05, 3.63) is 23.3 Å². The van der Waals surface area contributed by atoms with Gasteiger partial charge in [-0.3, -0.25) is 0 Å². The van der Waals surface area contributed by atoms with E-state index in [1.54, 1.807) is 7.05 Å². The lowest BCUT2D eigenvalue weighted by Gasteiger charge is -2.23. The molecule has 0 atom stereocenters. The van der Waals surface area contributed by atoms with Crippen molar-refractivity contribution in [3.63, 3.8) is 0 Å². The van der Waals surface area contributed by atoms with Crippen LogP contribution in [0, 0.1) is 0 Å². The van der Waals surface area contributed by atoms with E-state index in [2.05, 4.69) is 5.32 Å². The van der Waals surface area contributed by atoms with Crippen molar-refractivity contribution < 1.29 is 22.6 Å². The fourth-order valence-electron chi connectivity index (χ4n) is 1.79. The van der Waals surface area contributed by atoms with Crippen molar-refractivity contribution in [2.45, 2.75) is 12.7 Å². The molecule has 17 heavy (non-hydrogen) atoms. The zero-order valence-corrected chi connectivity index (χ0v) is 9.23. The van der Waals surface area contributed by atoms with E-state index in [1.165, 1.54) is 6.07 Å². The Labute approximate surface area is 96.5 Å². The minimum Gasteiger partial charge on any atom is -0.486 e. The fourth-order valence-corrected chi connectivity index (χ4v) is 1.79. The van der Waals surface area contributed by atoms with Gasteiger partial charge in [0.25, 0.3) is 0 Å². The largest absolute Gasteiger partial charge is 0.486 e. The maximum absolute atomic E-state index is 12.8. The minimum atomic E-state index is -4.39. The maximum atomic E-state index is 12.8. The summed E-state index contributed by atoms with van der Waals surface area (Å²) in [7, 11) is 1.59. The molecule has 1 heterocycles. The van der Waals surface area contributed by atoms with Gasteiger partial charge in [0.1, 0.15) is 13.2 Å². The lowest BCUT2D eigenvalue weighted by molar-refractivity contribution is -0.138. The molecule has 1 aromatic rings. The maximum Gasteiger partial charge on any atom is 0.416 e. The van der Waals surface area contributed by atoms with Crippen LogP contribution in [-0.2, 0) is 12.7 Å². The second kappa shape index (κ2) is 4.44. The van der Waals surface area contributed by atoms with Gasteiger partial charge < -0.3 is 14.8 Å². The summed E-state index contributed by atoms with van der Waals surface area (Å²) in [5.41, 5.74) is -0.590. The van der Waals surface area contributed by atoms with Crippen LogP contribution in [0.2, 0.25) is 0 Å². The Balaban J connectivity index is 2.53. The third-order valence-electron chi connectivity index (χ3n) is 2.47. The van der Waals surface area contributed by atoms with Gasteiger partial charge in [-0.2, -0.15) is 13.2 Å². The molecular weight excluding hydrogens is 235 g/mol. The van der Waals surface area contributed by atoms with E-state index in [0.29, 0.717) is 12.4 Å². The van der Waals surface area contributed by atoms with Crippen molar-refractivity contribution in [3.8, 4) is 11.5 Å². The number of nitrogens with one attached hydrogen (secondary N) is 1. The second-order valence-electron chi connectivity index (χ2n) is 3.64. The van der Waals surface area contributed by atoms with Crippen LogP contribution < -0.4 is 14.8 Å². The van der Waals surface area contributed by atoms with Crippen molar-refractivity contribution in [2.24, 2.45) is 0 Å². The SMILES string of the molecule is CNCc1c(C(F)(F)F)ccc2c1OCCO2. The van der Waals surface area contributed by atoms with Crippen LogP contribution in [0.4, 0.5) is 13.2 Å². The molecule has 6 heteroatoms. The van der Waals surface area contributed by atoms with Gasteiger partial charge >= 0.3 is 6.18 Å². The monoisotopic (exact) mass is 247 g/mol. The summed E-state index contributed by atoms with van der Waals surface area (Å²) in [6.45, 7) is 0.712. The molecule has 3 nitrogen and oxygen atoms in total. The average Bonchev–Trinajstić information content (AvgIpc) is 2.28. The molecule has 0 aromatic heterocycles. The van der Waals surface area contributed by atoms with Gasteiger partial charge in [0.15, 0.2) is 11.5 Å². The van der Waals surface area contributed by atoms with Gasteiger partial charge in [0.05, 0.1) is 5.56 Å². The van der Waals surface area contributed by atoms with Gasteiger partial charge in [-0.25, -0.2) is 0 Å². The van der Waals surface area contributed by atoms with Crippen molar-refractivity contribution >= 4 is 0 Å². The van der Waals surface area contributed by atoms with E-state index < -0.39 is 11.7 Å². The molecule has 1 aromatic carbocycles. The molecule has 1 aliphatic heterocycles. The number of benzene rings is 1. The molecule has 0 spiro atoms. The Kier molecular flexibility index (Phi) is 3.15. The molecule has 0 radical (unpaired) electrons. The number of halogens is 3. The van der Waals surface area contributed by atoms with E-state index >= 15 is 0 Å². The molecule has 0 bridgehead atoms. The number of ether oxygens (including phenoxy) is 2.